The third-order valence-electron chi connectivity index (χ3n) is 3.60. The molecule has 1 N–H and O–H groups in total. The molecular formula is C14H27N3O. The lowest BCUT2D eigenvalue weighted by Gasteiger charge is -2.25. The summed E-state index contributed by atoms with van der Waals surface area (Å²) in [6, 6.07) is 0.182. The largest absolute Gasteiger partial charge is 0.424 e. The fourth-order valence-corrected chi connectivity index (χ4v) is 1.71. The third kappa shape index (κ3) is 4.09. The normalized spacial score (nSPS) is 15.7. The van der Waals surface area contributed by atoms with Crippen LogP contribution in [-0.2, 0) is 6.42 Å². The minimum atomic E-state index is 0.182. The minimum absolute atomic E-state index is 0.182. The van der Waals surface area contributed by atoms with Crippen molar-refractivity contribution < 1.29 is 4.42 Å². The van der Waals surface area contributed by atoms with Crippen LogP contribution >= 0.6 is 0 Å². The monoisotopic (exact) mass is 253 g/mol. The van der Waals surface area contributed by atoms with Gasteiger partial charge in [0.15, 0.2) is 0 Å². The maximum absolute atomic E-state index is 5.77. The Kier molecular flexibility index (Phi) is 5.32. The van der Waals surface area contributed by atoms with Crippen molar-refractivity contribution in [2.45, 2.75) is 60.4 Å². The molecule has 0 aliphatic rings. The lowest BCUT2D eigenvalue weighted by Crippen LogP contribution is -2.20. The van der Waals surface area contributed by atoms with E-state index in [-0.39, 0.29) is 11.5 Å². The number of aromatic nitrogens is 2. The van der Waals surface area contributed by atoms with E-state index in [0.29, 0.717) is 5.92 Å². The van der Waals surface area contributed by atoms with Crippen LogP contribution in [0.15, 0.2) is 4.42 Å². The second-order valence-electron chi connectivity index (χ2n) is 6.02. The van der Waals surface area contributed by atoms with Crippen molar-refractivity contribution in [3.63, 3.8) is 0 Å². The first-order chi connectivity index (χ1) is 8.38. The van der Waals surface area contributed by atoms with E-state index in [2.05, 4.69) is 57.1 Å². The van der Waals surface area contributed by atoms with Gasteiger partial charge in [-0.1, -0.05) is 41.5 Å². The fourth-order valence-electron chi connectivity index (χ4n) is 1.71. The van der Waals surface area contributed by atoms with Crippen molar-refractivity contribution >= 4 is 0 Å². The SMILES string of the molecule is CCNC(CC)c1nnc(CC(C)C(C)(C)C)o1. The molecule has 0 aliphatic carbocycles. The lowest BCUT2D eigenvalue weighted by atomic mass is 9.80. The molecule has 1 heterocycles. The smallest absolute Gasteiger partial charge is 0.233 e. The zero-order chi connectivity index (χ0) is 13.8. The van der Waals surface area contributed by atoms with Gasteiger partial charge in [0.1, 0.15) is 0 Å². The zero-order valence-electron chi connectivity index (χ0n) is 12.6. The maximum atomic E-state index is 5.77. The van der Waals surface area contributed by atoms with E-state index in [1.807, 2.05) is 0 Å². The number of nitrogens with one attached hydrogen (secondary N) is 1. The first kappa shape index (κ1) is 15.2. The van der Waals surface area contributed by atoms with E-state index in [1.165, 1.54) is 0 Å². The average Bonchev–Trinajstić information content (AvgIpc) is 2.73. The predicted molar refractivity (Wildman–Crippen MR) is 73.3 cm³/mol. The molecule has 104 valence electrons. The predicted octanol–water partition coefficient (Wildman–Crippen LogP) is 3.35. The molecular weight excluding hydrogens is 226 g/mol. The second kappa shape index (κ2) is 6.32. The van der Waals surface area contributed by atoms with Gasteiger partial charge in [-0.2, -0.15) is 0 Å². The molecule has 2 atom stereocenters. The summed E-state index contributed by atoms with van der Waals surface area (Å²) in [7, 11) is 0. The highest BCUT2D eigenvalue weighted by Gasteiger charge is 2.23. The Morgan fingerprint density at radius 2 is 1.89 bits per heavy atom. The summed E-state index contributed by atoms with van der Waals surface area (Å²) in [6.45, 7) is 14.1. The van der Waals surface area contributed by atoms with Gasteiger partial charge in [-0.3, -0.25) is 0 Å². The van der Waals surface area contributed by atoms with Crippen LogP contribution < -0.4 is 5.32 Å². The van der Waals surface area contributed by atoms with Crippen molar-refractivity contribution in [2.24, 2.45) is 11.3 Å². The Bertz CT molecular complexity index is 354. The van der Waals surface area contributed by atoms with Crippen LogP contribution in [0.5, 0.6) is 0 Å². The van der Waals surface area contributed by atoms with Crippen molar-refractivity contribution in [1.82, 2.24) is 15.5 Å². The summed E-state index contributed by atoms with van der Waals surface area (Å²) in [4.78, 5) is 0. The highest BCUT2D eigenvalue weighted by molar-refractivity contribution is 4.91. The molecule has 0 spiro atoms. The number of hydrogen-bond acceptors (Lipinski definition) is 4. The molecule has 0 saturated heterocycles. The second-order valence-corrected chi connectivity index (χ2v) is 6.02. The minimum Gasteiger partial charge on any atom is -0.424 e. The summed E-state index contributed by atoms with van der Waals surface area (Å²) in [6.07, 6.45) is 1.81. The number of hydrogen-bond donors (Lipinski definition) is 1. The quantitative estimate of drug-likeness (QED) is 0.844. The molecule has 0 radical (unpaired) electrons. The van der Waals surface area contributed by atoms with Gasteiger partial charge in [0.25, 0.3) is 0 Å². The number of rotatable bonds is 6. The fraction of sp³-hybridized carbons (Fsp3) is 0.857. The first-order valence-corrected chi connectivity index (χ1v) is 6.94. The molecule has 1 aromatic heterocycles. The molecule has 0 saturated carbocycles. The Hall–Kier alpha value is -0.900. The Morgan fingerprint density at radius 1 is 1.22 bits per heavy atom. The van der Waals surface area contributed by atoms with Crippen LogP contribution in [0.2, 0.25) is 0 Å². The maximum Gasteiger partial charge on any atom is 0.233 e. The standard InChI is InChI=1S/C14H27N3O/c1-7-11(15-8-2)13-17-16-12(18-13)9-10(3)14(4,5)6/h10-11,15H,7-9H2,1-6H3. The van der Waals surface area contributed by atoms with Crippen LogP contribution in [0.3, 0.4) is 0 Å². The molecule has 4 heteroatoms. The van der Waals surface area contributed by atoms with Gasteiger partial charge in [0.2, 0.25) is 11.8 Å². The Balaban J connectivity index is 2.68. The van der Waals surface area contributed by atoms with E-state index in [1.54, 1.807) is 0 Å². The summed E-state index contributed by atoms with van der Waals surface area (Å²) < 4.78 is 5.77. The van der Waals surface area contributed by atoms with E-state index in [4.69, 9.17) is 4.42 Å². The summed E-state index contributed by atoms with van der Waals surface area (Å²) in [5.41, 5.74) is 0.264. The van der Waals surface area contributed by atoms with Crippen molar-refractivity contribution in [2.75, 3.05) is 6.54 Å². The Morgan fingerprint density at radius 3 is 2.39 bits per heavy atom. The number of nitrogens with zero attached hydrogens (tertiary/aromatic N) is 2. The van der Waals surface area contributed by atoms with Crippen LogP contribution in [0.1, 0.15) is 65.8 Å². The third-order valence-corrected chi connectivity index (χ3v) is 3.60. The van der Waals surface area contributed by atoms with Gasteiger partial charge in [-0.15, -0.1) is 10.2 Å². The summed E-state index contributed by atoms with van der Waals surface area (Å²) in [5.74, 6) is 1.99. The van der Waals surface area contributed by atoms with E-state index in [0.717, 1.165) is 31.2 Å². The molecule has 2 unspecified atom stereocenters. The Labute approximate surface area is 111 Å². The van der Waals surface area contributed by atoms with Crippen molar-refractivity contribution in [3.8, 4) is 0 Å². The van der Waals surface area contributed by atoms with E-state index in [9.17, 15) is 0 Å². The molecule has 0 aliphatic heterocycles. The zero-order valence-corrected chi connectivity index (χ0v) is 12.6. The lowest BCUT2D eigenvalue weighted by molar-refractivity contribution is 0.241. The van der Waals surface area contributed by atoms with Gasteiger partial charge in [-0.05, 0) is 24.3 Å². The molecule has 18 heavy (non-hydrogen) atoms. The first-order valence-electron chi connectivity index (χ1n) is 6.94. The molecule has 1 aromatic rings. The molecule has 1 rings (SSSR count). The molecule has 4 nitrogen and oxygen atoms in total. The highest BCUT2D eigenvalue weighted by atomic mass is 16.4. The van der Waals surface area contributed by atoms with Crippen molar-refractivity contribution in [3.05, 3.63) is 11.8 Å². The summed E-state index contributed by atoms with van der Waals surface area (Å²) in [5, 5.41) is 11.7. The summed E-state index contributed by atoms with van der Waals surface area (Å²) >= 11 is 0. The van der Waals surface area contributed by atoms with E-state index >= 15 is 0 Å². The van der Waals surface area contributed by atoms with Gasteiger partial charge in [0, 0.05) is 6.42 Å². The van der Waals surface area contributed by atoms with Gasteiger partial charge in [-0.25, -0.2) is 0 Å². The molecule has 0 amide bonds. The topological polar surface area (TPSA) is 51.0 Å². The average molecular weight is 253 g/mol. The highest BCUT2D eigenvalue weighted by Crippen LogP contribution is 2.28. The van der Waals surface area contributed by atoms with Gasteiger partial charge in [0.05, 0.1) is 6.04 Å². The molecule has 0 aromatic carbocycles. The molecule has 0 bridgehead atoms. The van der Waals surface area contributed by atoms with Crippen LogP contribution in [0, 0.1) is 11.3 Å². The van der Waals surface area contributed by atoms with Crippen LogP contribution in [0.4, 0.5) is 0 Å². The van der Waals surface area contributed by atoms with Crippen LogP contribution in [0.25, 0.3) is 0 Å². The van der Waals surface area contributed by atoms with E-state index < -0.39 is 0 Å². The van der Waals surface area contributed by atoms with Gasteiger partial charge < -0.3 is 9.73 Å². The van der Waals surface area contributed by atoms with Crippen LogP contribution in [-0.4, -0.2) is 16.7 Å². The molecule has 0 fully saturated rings. The van der Waals surface area contributed by atoms with Gasteiger partial charge >= 0.3 is 0 Å². The van der Waals surface area contributed by atoms with Crippen molar-refractivity contribution in [1.29, 1.82) is 0 Å².